The molecule has 1 aromatic heterocycles. The van der Waals surface area contributed by atoms with Gasteiger partial charge in [0.1, 0.15) is 0 Å². The van der Waals surface area contributed by atoms with Gasteiger partial charge in [-0.25, -0.2) is 4.98 Å². The summed E-state index contributed by atoms with van der Waals surface area (Å²) in [6.45, 7) is 0. The number of hydrogen-bond donors (Lipinski definition) is 1. The van der Waals surface area contributed by atoms with E-state index in [4.69, 9.17) is 5.73 Å². The number of nitrogens with two attached hydrogens (primary N) is 1. The van der Waals surface area contributed by atoms with Crippen molar-refractivity contribution < 1.29 is 13.2 Å². The molecule has 96 valence electrons. The van der Waals surface area contributed by atoms with Crippen LogP contribution in [-0.2, 0) is 6.18 Å². The molecular weight excluding hydrogens is 376 g/mol. The number of benzene rings is 1. The van der Waals surface area contributed by atoms with Crippen LogP contribution >= 0.6 is 33.9 Å². The van der Waals surface area contributed by atoms with E-state index in [9.17, 15) is 13.2 Å². The maximum absolute atomic E-state index is 12.4. The fourth-order valence-corrected chi connectivity index (χ4v) is 2.57. The summed E-state index contributed by atoms with van der Waals surface area (Å²) in [5.41, 5.74) is 6.69. The second kappa shape index (κ2) is 5.14. The molecule has 2 nitrogen and oxygen atoms in total. The van der Waals surface area contributed by atoms with Crippen LogP contribution in [0.2, 0.25) is 0 Å². The van der Waals surface area contributed by atoms with Gasteiger partial charge in [-0.15, -0.1) is 11.3 Å². The molecule has 0 saturated heterocycles. The van der Waals surface area contributed by atoms with Crippen molar-refractivity contribution in [2.75, 3.05) is 0 Å². The predicted octanol–water partition coefficient (Wildman–Crippen LogP) is 3.81. The molecule has 7 heteroatoms. The van der Waals surface area contributed by atoms with Crippen molar-refractivity contribution in [3.63, 3.8) is 0 Å². The summed E-state index contributed by atoms with van der Waals surface area (Å²) in [7, 11) is 0. The summed E-state index contributed by atoms with van der Waals surface area (Å²) in [6.07, 6.45) is -3.22. The summed E-state index contributed by atoms with van der Waals surface area (Å²) in [4.78, 5) is 3.77. The van der Waals surface area contributed by atoms with Gasteiger partial charge in [0.15, 0.2) is 5.01 Å². The zero-order chi connectivity index (χ0) is 13.3. The quantitative estimate of drug-likeness (QED) is 0.800. The first kappa shape index (κ1) is 13.8. The molecule has 0 bridgehead atoms. The van der Waals surface area contributed by atoms with E-state index in [-0.39, 0.29) is 0 Å². The number of alkyl halides is 3. The van der Waals surface area contributed by atoms with E-state index in [2.05, 4.69) is 27.6 Å². The van der Waals surface area contributed by atoms with Crippen molar-refractivity contribution in [3.05, 3.63) is 49.5 Å². The SMILES string of the molecule is NC(c1ccc(I)cc1)c1cnc(C(F)(F)F)s1. The molecular formula is C11H8F3IN2S. The Morgan fingerprint density at radius 3 is 2.33 bits per heavy atom. The highest BCUT2D eigenvalue weighted by molar-refractivity contribution is 14.1. The predicted molar refractivity (Wildman–Crippen MR) is 72.3 cm³/mol. The average molecular weight is 384 g/mol. The van der Waals surface area contributed by atoms with Crippen molar-refractivity contribution in [3.8, 4) is 0 Å². The molecule has 1 heterocycles. The fraction of sp³-hybridized carbons (Fsp3) is 0.182. The highest BCUT2D eigenvalue weighted by atomic mass is 127. The first-order valence-corrected chi connectivity index (χ1v) is 6.81. The Hall–Kier alpha value is -0.670. The summed E-state index contributed by atoms with van der Waals surface area (Å²) in [5, 5.41) is -0.863. The number of hydrogen-bond acceptors (Lipinski definition) is 3. The monoisotopic (exact) mass is 384 g/mol. The molecule has 18 heavy (non-hydrogen) atoms. The van der Waals surface area contributed by atoms with Crippen molar-refractivity contribution in [1.82, 2.24) is 4.98 Å². The summed E-state index contributed by atoms with van der Waals surface area (Å²) in [5.74, 6) is 0. The largest absolute Gasteiger partial charge is 0.443 e. The first-order valence-electron chi connectivity index (χ1n) is 4.92. The maximum Gasteiger partial charge on any atom is 0.443 e. The van der Waals surface area contributed by atoms with Crippen LogP contribution in [0.15, 0.2) is 30.5 Å². The molecule has 1 unspecified atom stereocenters. The van der Waals surface area contributed by atoms with Crippen LogP contribution < -0.4 is 5.73 Å². The van der Waals surface area contributed by atoms with Gasteiger partial charge in [0, 0.05) is 14.6 Å². The Morgan fingerprint density at radius 1 is 1.22 bits per heavy atom. The molecule has 0 amide bonds. The van der Waals surface area contributed by atoms with E-state index in [1.54, 1.807) is 12.1 Å². The molecule has 0 fully saturated rings. The molecule has 1 aromatic carbocycles. The minimum absolute atomic E-state index is 0.406. The molecule has 2 N–H and O–H groups in total. The van der Waals surface area contributed by atoms with Gasteiger partial charge in [0.2, 0.25) is 0 Å². The van der Waals surface area contributed by atoms with Gasteiger partial charge in [-0.2, -0.15) is 13.2 Å². The second-order valence-corrected chi connectivity index (χ2v) is 5.90. The van der Waals surface area contributed by atoms with Gasteiger partial charge in [-0.1, -0.05) is 12.1 Å². The van der Waals surface area contributed by atoms with Gasteiger partial charge >= 0.3 is 6.18 Å². The van der Waals surface area contributed by atoms with Crippen LogP contribution in [0.5, 0.6) is 0 Å². The van der Waals surface area contributed by atoms with E-state index in [0.717, 1.165) is 9.13 Å². The van der Waals surface area contributed by atoms with Crippen molar-refractivity contribution in [2.24, 2.45) is 5.73 Å². The van der Waals surface area contributed by atoms with Crippen LogP contribution in [0, 0.1) is 3.57 Å². The number of aromatic nitrogens is 1. The number of rotatable bonds is 2. The van der Waals surface area contributed by atoms with Crippen molar-refractivity contribution in [2.45, 2.75) is 12.2 Å². The lowest BCUT2D eigenvalue weighted by molar-refractivity contribution is -0.137. The third-order valence-corrected chi connectivity index (χ3v) is 4.15. The van der Waals surface area contributed by atoms with Gasteiger partial charge in [-0.3, -0.25) is 0 Å². The first-order chi connectivity index (χ1) is 8.38. The maximum atomic E-state index is 12.4. The second-order valence-electron chi connectivity index (χ2n) is 3.59. The zero-order valence-electron chi connectivity index (χ0n) is 8.91. The van der Waals surface area contributed by atoms with E-state index < -0.39 is 17.2 Å². The van der Waals surface area contributed by atoms with E-state index >= 15 is 0 Å². The van der Waals surface area contributed by atoms with Crippen molar-refractivity contribution in [1.29, 1.82) is 0 Å². The summed E-state index contributed by atoms with van der Waals surface area (Å²) < 4.78 is 38.3. The van der Waals surface area contributed by atoms with Crippen LogP contribution in [0.3, 0.4) is 0 Å². The van der Waals surface area contributed by atoms with E-state index in [1.165, 1.54) is 6.20 Å². The molecule has 2 rings (SSSR count). The minimum atomic E-state index is -4.41. The van der Waals surface area contributed by atoms with Crippen LogP contribution in [0.1, 0.15) is 21.5 Å². The Balaban J connectivity index is 2.26. The highest BCUT2D eigenvalue weighted by Gasteiger charge is 2.35. The Morgan fingerprint density at radius 2 is 1.83 bits per heavy atom. The zero-order valence-corrected chi connectivity index (χ0v) is 11.9. The Bertz CT molecular complexity index is 536. The molecule has 0 aliphatic rings. The molecule has 0 radical (unpaired) electrons. The summed E-state index contributed by atoms with van der Waals surface area (Å²) in [6, 6.07) is 6.76. The molecule has 2 aromatic rings. The third-order valence-electron chi connectivity index (χ3n) is 2.30. The normalized spacial score (nSPS) is 13.6. The molecule has 1 atom stereocenters. The highest BCUT2D eigenvalue weighted by Crippen LogP contribution is 2.35. The Labute approximate surface area is 119 Å². The lowest BCUT2D eigenvalue weighted by atomic mass is 10.1. The van der Waals surface area contributed by atoms with Crippen LogP contribution in [-0.4, -0.2) is 4.98 Å². The number of halogens is 4. The molecule has 0 aliphatic carbocycles. The molecule has 0 spiro atoms. The standard InChI is InChI=1S/C11H8F3IN2S/c12-11(13,14)10-17-5-8(18-10)9(16)6-1-3-7(15)4-2-6/h1-5,9H,16H2. The van der Waals surface area contributed by atoms with E-state index in [0.29, 0.717) is 16.2 Å². The lowest BCUT2D eigenvalue weighted by Crippen LogP contribution is -2.10. The molecule has 0 saturated carbocycles. The number of nitrogens with zero attached hydrogens (tertiary/aromatic N) is 1. The minimum Gasteiger partial charge on any atom is -0.320 e. The lowest BCUT2D eigenvalue weighted by Gasteiger charge is -2.09. The topological polar surface area (TPSA) is 38.9 Å². The average Bonchev–Trinajstić information content (AvgIpc) is 2.78. The fourth-order valence-electron chi connectivity index (χ4n) is 1.40. The molecule has 0 aliphatic heterocycles. The third kappa shape index (κ3) is 3.01. The Kier molecular flexibility index (Phi) is 3.93. The van der Waals surface area contributed by atoms with Crippen LogP contribution in [0.25, 0.3) is 0 Å². The van der Waals surface area contributed by atoms with Gasteiger partial charge in [0.05, 0.1) is 6.04 Å². The van der Waals surface area contributed by atoms with E-state index in [1.807, 2.05) is 12.1 Å². The van der Waals surface area contributed by atoms with Crippen LogP contribution in [0.4, 0.5) is 13.2 Å². The smallest absolute Gasteiger partial charge is 0.320 e. The van der Waals surface area contributed by atoms with Gasteiger partial charge in [0.25, 0.3) is 0 Å². The van der Waals surface area contributed by atoms with Gasteiger partial charge in [-0.05, 0) is 40.3 Å². The number of thiazole rings is 1. The van der Waals surface area contributed by atoms with Gasteiger partial charge < -0.3 is 5.73 Å². The van der Waals surface area contributed by atoms with Crippen molar-refractivity contribution >= 4 is 33.9 Å². The summed E-state index contributed by atoms with van der Waals surface area (Å²) >= 11 is 2.73.